The highest BCUT2D eigenvalue weighted by Crippen LogP contribution is 2.53. The van der Waals surface area contributed by atoms with Gasteiger partial charge in [0.25, 0.3) is 0 Å². The molecule has 0 fully saturated rings. The molecule has 0 amide bonds. The zero-order valence-corrected chi connectivity index (χ0v) is 11.1. The van der Waals surface area contributed by atoms with Gasteiger partial charge in [-0.3, -0.25) is 0 Å². The summed E-state index contributed by atoms with van der Waals surface area (Å²) in [5.74, 6) is 1.22. The first-order chi connectivity index (χ1) is 8.00. The average Bonchev–Trinajstić information content (AvgIpc) is 2.49. The van der Waals surface area contributed by atoms with Gasteiger partial charge in [-0.15, -0.1) is 0 Å². The van der Waals surface area contributed by atoms with Crippen LogP contribution in [-0.2, 0) is 5.41 Å². The first kappa shape index (κ1) is 10.8. The Morgan fingerprint density at radius 1 is 1.12 bits per heavy atom. The Morgan fingerprint density at radius 3 is 2.65 bits per heavy atom. The van der Waals surface area contributed by atoms with E-state index in [-0.39, 0.29) is 5.41 Å². The molecule has 0 nitrogen and oxygen atoms in total. The molecule has 88 valence electrons. The van der Waals surface area contributed by atoms with Crippen molar-refractivity contribution in [2.45, 2.75) is 39.0 Å². The summed E-state index contributed by atoms with van der Waals surface area (Å²) in [4.78, 5) is 0. The van der Waals surface area contributed by atoms with Crippen LogP contribution in [0.1, 0.15) is 43.4 Å². The van der Waals surface area contributed by atoms with E-state index in [9.17, 15) is 0 Å². The van der Waals surface area contributed by atoms with Gasteiger partial charge in [0.15, 0.2) is 0 Å². The fraction of sp³-hybridized carbons (Fsp3) is 0.412. The summed E-state index contributed by atoms with van der Waals surface area (Å²) in [7, 11) is 0. The van der Waals surface area contributed by atoms with E-state index in [0.717, 1.165) is 0 Å². The summed E-state index contributed by atoms with van der Waals surface area (Å²) in [6.45, 7) is 9.17. The summed E-state index contributed by atoms with van der Waals surface area (Å²) in [6, 6.07) is 6.96. The molecule has 2 unspecified atom stereocenters. The minimum atomic E-state index is 0.262. The highest BCUT2D eigenvalue weighted by Gasteiger charge is 2.44. The Kier molecular flexibility index (Phi) is 2.13. The fourth-order valence-corrected chi connectivity index (χ4v) is 3.47. The highest BCUT2D eigenvalue weighted by atomic mass is 14.5. The second-order valence-corrected chi connectivity index (χ2v) is 6.13. The van der Waals surface area contributed by atoms with E-state index < -0.39 is 0 Å². The Morgan fingerprint density at radius 2 is 1.88 bits per heavy atom. The van der Waals surface area contributed by atoms with Crippen molar-refractivity contribution in [3.8, 4) is 0 Å². The van der Waals surface area contributed by atoms with Crippen molar-refractivity contribution in [2.75, 3.05) is 0 Å². The van der Waals surface area contributed by atoms with Crippen LogP contribution in [0.15, 0.2) is 42.0 Å². The Balaban J connectivity index is 2.21. The summed E-state index contributed by atoms with van der Waals surface area (Å²) in [5, 5.41) is 0. The lowest BCUT2D eigenvalue weighted by Crippen LogP contribution is -2.25. The van der Waals surface area contributed by atoms with E-state index in [4.69, 9.17) is 0 Å². The quantitative estimate of drug-likeness (QED) is 0.608. The Labute approximate surface area is 104 Å². The predicted molar refractivity (Wildman–Crippen MR) is 73.3 cm³/mol. The van der Waals surface area contributed by atoms with Crippen molar-refractivity contribution in [3.63, 3.8) is 0 Å². The second kappa shape index (κ2) is 3.35. The number of hydrogen-bond donors (Lipinski definition) is 0. The minimum Gasteiger partial charge on any atom is -0.0767 e. The van der Waals surface area contributed by atoms with E-state index in [1.807, 2.05) is 0 Å². The van der Waals surface area contributed by atoms with Gasteiger partial charge in [-0.05, 0) is 36.3 Å². The molecule has 2 atom stereocenters. The zero-order chi connectivity index (χ0) is 12.2. The number of allylic oxidation sites excluding steroid dienone is 4. The number of rotatable bonds is 0. The smallest absolute Gasteiger partial charge is 0.00955 e. The van der Waals surface area contributed by atoms with E-state index in [0.29, 0.717) is 11.8 Å². The topological polar surface area (TPSA) is 0 Å². The maximum Gasteiger partial charge on any atom is 0.00955 e. The molecule has 17 heavy (non-hydrogen) atoms. The first-order valence-electron chi connectivity index (χ1n) is 6.48. The Hall–Kier alpha value is -1.30. The minimum absolute atomic E-state index is 0.262. The number of hydrogen-bond acceptors (Lipinski definition) is 0. The lowest BCUT2D eigenvalue weighted by Gasteiger charge is -2.30. The number of fused-ring (bicyclic) bond motifs is 3. The summed E-state index contributed by atoms with van der Waals surface area (Å²) < 4.78 is 0. The van der Waals surface area contributed by atoms with Gasteiger partial charge in [0.2, 0.25) is 0 Å². The lowest BCUT2D eigenvalue weighted by atomic mass is 9.73. The molecule has 0 spiro atoms. The van der Waals surface area contributed by atoms with Crippen LogP contribution in [-0.4, -0.2) is 0 Å². The molecule has 0 heterocycles. The molecule has 1 aromatic rings. The van der Waals surface area contributed by atoms with Crippen LogP contribution in [0.5, 0.6) is 0 Å². The molecule has 2 aliphatic rings. The summed E-state index contributed by atoms with van der Waals surface area (Å²) >= 11 is 0. The molecule has 0 aliphatic heterocycles. The van der Waals surface area contributed by atoms with Gasteiger partial charge in [0.05, 0.1) is 0 Å². The lowest BCUT2D eigenvalue weighted by molar-refractivity contribution is 0.392. The monoisotopic (exact) mass is 224 g/mol. The van der Waals surface area contributed by atoms with Crippen LogP contribution in [0.25, 0.3) is 0 Å². The normalized spacial score (nSPS) is 28.6. The molecule has 0 N–H and O–H groups in total. The molecule has 3 rings (SSSR count). The van der Waals surface area contributed by atoms with E-state index in [1.54, 1.807) is 5.56 Å². The second-order valence-electron chi connectivity index (χ2n) is 6.13. The van der Waals surface area contributed by atoms with E-state index >= 15 is 0 Å². The van der Waals surface area contributed by atoms with Gasteiger partial charge >= 0.3 is 0 Å². The fourth-order valence-electron chi connectivity index (χ4n) is 3.47. The van der Waals surface area contributed by atoms with Crippen LogP contribution in [0.3, 0.4) is 0 Å². The van der Waals surface area contributed by atoms with Gasteiger partial charge in [-0.25, -0.2) is 0 Å². The van der Waals surface area contributed by atoms with Gasteiger partial charge in [0, 0.05) is 5.92 Å². The van der Waals surface area contributed by atoms with Crippen molar-refractivity contribution in [2.24, 2.45) is 5.92 Å². The highest BCUT2D eigenvalue weighted by molar-refractivity contribution is 5.51. The first-order valence-corrected chi connectivity index (χ1v) is 6.48. The molecular weight excluding hydrogens is 204 g/mol. The third-order valence-electron chi connectivity index (χ3n) is 4.49. The summed E-state index contributed by atoms with van der Waals surface area (Å²) in [5.41, 5.74) is 6.12. The van der Waals surface area contributed by atoms with Crippen molar-refractivity contribution in [3.05, 3.63) is 58.7 Å². The van der Waals surface area contributed by atoms with Crippen LogP contribution in [0.4, 0.5) is 0 Å². The molecule has 0 radical (unpaired) electrons. The summed E-state index contributed by atoms with van der Waals surface area (Å²) in [6.07, 6.45) is 7.12. The van der Waals surface area contributed by atoms with Crippen molar-refractivity contribution < 1.29 is 0 Å². The third-order valence-corrected chi connectivity index (χ3v) is 4.49. The zero-order valence-electron chi connectivity index (χ0n) is 11.1. The SMILES string of the molecule is CC1=CC2C(C=C1)c1ccc(C)cc1C2(C)C. The molecular formula is C17H20. The largest absolute Gasteiger partial charge is 0.0767 e. The molecule has 1 aromatic carbocycles. The van der Waals surface area contributed by atoms with E-state index in [2.05, 4.69) is 64.1 Å². The molecule has 0 saturated heterocycles. The Bertz CT molecular complexity index is 529. The number of aryl methyl sites for hydroxylation is 1. The molecule has 0 saturated carbocycles. The van der Waals surface area contributed by atoms with E-state index in [1.165, 1.54) is 16.7 Å². The van der Waals surface area contributed by atoms with Gasteiger partial charge < -0.3 is 0 Å². The maximum absolute atomic E-state index is 2.46. The van der Waals surface area contributed by atoms with Crippen molar-refractivity contribution in [1.29, 1.82) is 0 Å². The van der Waals surface area contributed by atoms with Gasteiger partial charge in [0.1, 0.15) is 0 Å². The van der Waals surface area contributed by atoms with Crippen LogP contribution in [0, 0.1) is 12.8 Å². The molecule has 0 bridgehead atoms. The van der Waals surface area contributed by atoms with Crippen molar-refractivity contribution in [1.82, 2.24) is 0 Å². The van der Waals surface area contributed by atoms with Crippen LogP contribution >= 0.6 is 0 Å². The number of benzene rings is 1. The van der Waals surface area contributed by atoms with Crippen LogP contribution in [0.2, 0.25) is 0 Å². The maximum atomic E-state index is 2.46. The standard InChI is InChI=1S/C17H20/c1-11-5-7-13-14-8-6-12(2)10-16(14)17(3,4)15(13)9-11/h5-10,13,15H,1-4H3. The predicted octanol–water partition coefficient (Wildman–Crippen LogP) is 4.50. The van der Waals surface area contributed by atoms with Crippen LogP contribution < -0.4 is 0 Å². The molecule has 2 aliphatic carbocycles. The van der Waals surface area contributed by atoms with Gasteiger partial charge in [-0.2, -0.15) is 0 Å². The molecule has 0 aromatic heterocycles. The van der Waals surface area contributed by atoms with Crippen molar-refractivity contribution >= 4 is 0 Å². The molecule has 0 heteroatoms. The average molecular weight is 224 g/mol. The van der Waals surface area contributed by atoms with Gasteiger partial charge in [-0.1, -0.05) is 61.4 Å². The third kappa shape index (κ3) is 1.43.